The first-order chi connectivity index (χ1) is 10.1. The van der Waals surface area contributed by atoms with Crippen LogP contribution in [0.5, 0.6) is 0 Å². The van der Waals surface area contributed by atoms with Crippen LogP contribution in [0.15, 0.2) is 42.5 Å². The van der Waals surface area contributed by atoms with E-state index >= 15 is 0 Å². The summed E-state index contributed by atoms with van der Waals surface area (Å²) in [6, 6.07) is 16.1. The van der Waals surface area contributed by atoms with Crippen LogP contribution in [0.3, 0.4) is 0 Å². The highest BCUT2D eigenvalue weighted by Gasteiger charge is 2.12. The molecule has 0 aliphatic rings. The first kappa shape index (κ1) is 15.8. The summed E-state index contributed by atoms with van der Waals surface area (Å²) in [6.45, 7) is 9.80. The van der Waals surface area contributed by atoms with E-state index in [0.29, 0.717) is 6.04 Å². The second-order valence-corrected chi connectivity index (χ2v) is 6.05. The summed E-state index contributed by atoms with van der Waals surface area (Å²) in [6.07, 6.45) is 2.21. The number of rotatable bonds is 6. The first-order valence-electron chi connectivity index (χ1n) is 7.96. The fourth-order valence-electron chi connectivity index (χ4n) is 2.67. The van der Waals surface area contributed by atoms with Gasteiger partial charge in [0.2, 0.25) is 0 Å². The molecule has 0 aromatic heterocycles. The van der Waals surface area contributed by atoms with Crippen LogP contribution in [0.4, 0.5) is 0 Å². The molecule has 1 atom stereocenters. The SMILES string of the molecule is CCCNC(Cc1cc(C)ccc1C)c1ccc(C)cc1. The van der Waals surface area contributed by atoms with E-state index in [1.807, 2.05) is 0 Å². The van der Waals surface area contributed by atoms with E-state index in [1.165, 1.54) is 27.8 Å². The molecule has 0 aliphatic heterocycles. The third kappa shape index (κ3) is 4.44. The Morgan fingerprint density at radius 1 is 0.905 bits per heavy atom. The van der Waals surface area contributed by atoms with Crippen molar-refractivity contribution in [2.45, 2.75) is 46.6 Å². The van der Waals surface area contributed by atoms with Crippen molar-refractivity contribution in [1.29, 1.82) is 0 Å². The Hall–Kier alpha value is -1.60. The fourth-order valence-corrected chi connectivity index (χ4v) is 2.67. The van der Waals surface area contributed by atoms with Crippen LogP contribution < -0.4 is 5.32 Å². The highest BCUT2D eigenvalue weighted by molar-refractivity contribution is 5.33. The highest BCUT2D eigenvalue weighted by atomic mass is 14.9. The molecule has 0 aliphatic carbocycles. The number of nitrogens with one attached hydrogen (secondary N) is 1. The van der Waals surface area contributed by atoms with Gasteiger partial charge < -0.3 is 5.32 Å². The lowest BCUT2D eigenvalue weighted by molar-refractivity contribution is 0.528. The van der Waals surface area contributed by atoms with Crippen LogP contribution in [0.2, 0.25) is 0 Å². The Morgan fingerprint density at radius 3 is 2.24 bits per heavy atom. The second kappa shape index (κ2) is 7.42. The van der Waals surface area contributed by atoms with Gasteiger partial charge in [-0.15, -0.1) is 0 Å². The lowest BCUT2D eigenvalue weighted by Gasteiger charge is -2.21. The third-order valence-electron chi connectivity index (χ3n) is 4.05. The maximum atomic E-state index is 3.70. The minimum Gasteiger partial charge on any atom is -0.310 e. The molecule has 1 unspecified atom stereocenters. The monoisotopic (exact) mass is 281 g/mol. The average Bonchev–Trinajstić information content (AvgIpc) is 2.48. The van der Waals surface area contributed by atoms with Crippen LogP contribution in [0.25, 0.3) is 0 Å². The summed E-state index contributed by atoms with van der Waals surface area (Å²) >= 11 is 0. The first-order valence-corrected chi connectivity index (χ1v) is 7.96. The number of benzene rings is 2. The number of hydrogen-bond acceptors (Lipinski definition) is 1. The average molecular weight is 281 g/mol. The molecule has 0 bridgehead atoms. The van der Waals surface area contributed by atoms with Crippen LogP contribution in [-0.2, 0) is 6.42 Å². The lowest BCUT2D eigenvalue weighted by atomic mass is 9.94. The summed E-state index contributed by atoms with van der Waals surface area (Å²) < 4.78 is 0. The lowest BCUT2D eigenvalue weighted by Crippen LogP contribution is -2.24. The van der Waals surface area contributed by atoms with Gasteiger partial charge in [0.05, 0.1) is 0 Å². The van der Waals surface area contributed by atoms with Crippen molar-refractivity contribution in [3.05, 3.63) is 70.3 Å². The molecule has 0 heterocycles. The fraction of sp³-hybridized carbons (Fsp3) is 0.400. The van der Waals surface area contributed by atoms with Crippen molar-refractivity contribution in [3.63, 3.8) is 0 Å². The van der Waals surface area contributed by atoms with Gasteiger partial charge in [-0.3, -0.25) is 0 Å². The molecular weight excluding hydrogens is 254 g/mol. The minimum absolute atomic E-state index is 0.394. The Kier molecular flexibility index (Phi) is 5.58. The van der Waals surface area contributed by atoms with Crippen molar-refractivity contribution in [2.75, 3.05) is 6.54 Å². The van der Waals surface area contributed by atoms with Crippen LogP contribution in [0, 0.1) is 20.8 Å². The zero-order valence-corrected chi connectivity index (χ0v) is 13.7. The third-order valence-corrected chi connectivity index (χ3v) is 4.05. The molecule has 21 heavy (non-hydrogen) atoms. The van der Waals surface area contributed by atoms with Crippen molar-refractivity contribution < 1.29 is 0 Å². The summed E-state index contributed by atoms with van der Waals surface area (Å²) in [7, 11) is 0. The Balaban J connectivity index is 2.23. The molecule has 1 nitrogen and oxygen atoms in total. The molecule has 0 radical (unpaired) electrons. The molecule has 1 heteroatoms. The van der Waals surface area contributed by atoms with Crippen molar-refractivity contribution in [2.24, 2.45) is 0 Å². The second-order valence-electron chi connectivity index (χ2n) is 6.05. The zero-order valence-electron chi connectivity index (χ0n) is 13.7. The van der Waals surface area contributed by atoms with E-state index in [9.17, 15) is 0 Å². The van der Waals surface area contributed by atoms with Gasteiger partial charge in [-0.05, 0) is 56.8 Å². The standard InChI is InChI=1S/C20H27N/c1-5-12-21-20(18-10-7-15(2)8-11-18)14-19-13-16(3)6-9-17(19)4/h6-11,13,20-21H,5,12,14H2,1-4H3. The quantitative estimate of drug-likeness (QED) is 0.794. The van der Waals surface area contributed by atoms with E-state index < -0.39 is 0 Å². The molecule has 112 valence electrons. The number of aryl methyl sites for hydroxylation is 3. The Bertz CT molecular complexity index is 569. The Labute approximate surface area is 129 Å². The zero-order chi connectivity index (χ0) is 15.2. The maximum Gasteiger partial charge on any atom is 0.0360 e. The predicted octanol–water partition coefficient (Wildman–Crippen LogP) is 4.90. The molecular formula is C20H27N. The van der Waals surface area contributed by atoms with Gasteiger partial charge in [-0.1, -0.05) is 60.5 Å². The summed E-state index contributed by atoms with van der Waals surface area (Å²) in [5.41, 5.74) is 6.88. The van der Waals surface area contributed by atoms with Gasteiger partial charge in [-0.25, -0.2) is 0 Å². The van der Waals surface area contributed by atoms with Crippen LogP contribution in [0.1, 0.15) is 47.2 Å². The highest BCUT2D eigenvalue weighted by Crippen LogP contribution is 2.22. The molecule has 1 N–H and O–H groups in total. The smallest absolute Gasteiger partial charge is 0.0360 e. The van der Waals surface area contributed by atoms with Crippen LogP contribution in [-0.4, -0.2) is 6.54 Å². The summed E-state index contributed by atoms with van der Waals surface area (Å²) in [4.78, 5) is 0. The van der Waals surface area contributed by atoms with E-state index in [4.69, 9.17) is 0 Å². The minimum atomic E-state index is 0.394. The van der Waals surface area contributed by atoms with Crippen molar-refractivity contribution in [3.8, 4) is 0 Å². The van der Waals surface area contributed by atoms with Crippen LogP contribution >= 0.6 is 0 Å². The van der Waals surface area contributed by atoms with Gasteiger partial charge in [0.25, 0.3) is 0 Å². The van der Waals surface area contributed by atoms with E-state index in [0.717, 1.165) is 19.4 Å². The van der Waals surface area contributed by atoms with Gasteiger partial charge in [-0.2, -0.15) is 0 Å². The van der Waals surface area contributed by atoms with E-state index in [2.05, 4.69) is 75.5 Å². The van der Waals surface area contributed by atoms with E-state index in [1.54, 1.807) is 0 Å². The Morgan fingerprint density at radius 2 is 1.57 bits per heavy atom. The topological polar surface area (TPSA) is 12.0 Å². The molecule has 0 amide bonds. The molecule has 0 saturated heterocycles. The van der Waals surface area contributed by atoms with E-state index in [-0.39, 0.29) is 0 Å². The van der Waals surface area contributed by atoms with Crippen molar-refractivity contribution >= 4 is 0 Å². The predicted molar refractivity (Wildman–Crippen MR) is 91.8 cm³/mol. The van der Waals surface area contributed by atoms with Gasteiger partial charge in [0.1, 0.15) is 0 Å². The summed E-state index contributed by atoms with van der Waals surface area (Å²) in [5, 5.41) is 3.70. The number of hydrogen-bond donors (Lipinski definition) is 1. The molecule has 2 aromatic rings. The molecule has 2 aromatic carbocycles. The molecule has 2 rings (SSSR count). The molecule has 0 saturated carbocycles. The summed E-state index contributed by atoms with van der Waals surface area (Å²) in [5.74, 6) is 0. The molecule has 0 spiro atoms. The molecule has 0 fully saturated rings. The largest absolute Gasteiger partial charge is 0.310 e. The normalized spacial score (nSPS) is 12.4. The van der Waals surface area contributed by atoms with Gasteiger partial charge in [0.15, 0.2) is 0 Å². The van der Waals surface area contributed by atoms with Crippen molar-refractivity contribution in [1.82, 2.24) is 5.32 Å². The van der Waals surface area contributed by atoms with Gasteiger partial charge >= 0.3 is 0 Å². The van der Waals surface area contributed by atoms with Gasteiger partial charge in [0, 0.05) is 6.04 Å². The maximum absolute atomic E-state index is 3.70.